The summed E-state index contributed by atoms with van der Waals surface area (Å²) in [5.74, 6) is 0. The van der Waals surface area contributed by atoms with Gasteiger partial charge in [0, 0.05) is 5.02 Å². The molecule has 0 aliphatic heterocycles. The van der Waals surface area contributed by atoms with Crippen molar-refractivity contribution in [3.8, 4) is 0 Å². The number of rotatable bonds is 3. The molecule has 14 heavy (non-hydrogen) atoms. The van der Waals surface area contributed by atoms with E-state index in [-0.39, 0.29) is 5.41 Å². The Morgan fingerprint density at radius 1 is 1.36 bits per heavy atom. The second-order valence-corrected chi connectivity index (χ2v) is 4.65. The molecule has 0 bridgehead atoms. The van der Waals surface area contributed by atoms with Gasteiger partial charge >= 0.3 is 0 Å². The number of halogens is 1. The van der Waals surface area contributed by atoms with Gasteiger partial charge in [-0.3, -0.25) is 0 Å². The van der Waals surface area contributed by atoms with Crippen LogP contribution in [0.1, 0.15) is 38.3 Å². The van der Waals surface area contributed by atoms with Gasteiger partial charge in [0.25, 0.3) is 0 Å². The monoisotopic (exact) mass is 208 g/mol. The van der Waals surface area contributed by atoms with Crippen LogP contribution in [-0.4, -0.2) is 0 Å². The quantitative estimate of drug-likeness (QED) is 0.677. The number of hydrogen-bond acceptors (Lipinski definition) is 0. The third-order valence-electron chi connectivity index (χ3n) is 2.82. The Kier molecular flexibility index (Phi) is 3.38. The van der Waals surface area contributed by atoms with Gasteiger partial charge in [-0.1, -0.05) is 51.1 Å². The molecule has 1 aromatic carbocycles. The largest absolute Gasteiger partial charge is 0.0985 e. The van der Waals surface area contributed by atoms with Crippen molar-refractivity contribution < 1.29 is 0 Å². The summed E-state index contributed by atoms with van der Waals surface area (Å²) in [5.41, 5.74) is 2.55. The van der Waals surface area contributed by atoms with Crippen molar-refractivity contribution in [1.29, 1.82) is 0 Å². The zero-order valence-electron chi connectivity index (χ0n) is 9.10. The standard InChI is InChI=1S/C13H17Cl/c1-5-10-7-11(9-12(14)8-10)13(3,4)6-2/h5,7-9H,1,6H2,2-4H3. The van der Waals surface area contributed by atoms with Gasteiger partial charge in [0.2, 0.25) is 0 Å². The minimum atomic E-state index is 0.183. The Morgan fingerprint density at radius 2 is 2.00 bits per heavy atom. The first kappa shape index (κ1) is 11.3. The van der Waals surface area contributed by atoms with Crippen LogP contribution in [0.2, 0.25) is 5.02 Å². The van der Waals surface area contributed by atoms with E-state index in [1.165, 1.54) is 5.56 Å². The molecule has 0 amide bonds. The molecular formula is C13H17Cl. The highest BCUT2D eigenvalue weighted by Crippen LogP contribution is 2.29. The van der Waals surface area contributed by atoms with Gasteiger partial charge < -0.3 is 0 Å². The van der Waals surface area contributed by atoms with Crippen LogP contribution in [0, 0.1) is 0 Å². The van der Waals surface area contributed by atoms with Crippen LogP contribution in [0.3, 0.4) is 0 Å². The van der Waals surface area contributed by atoms with E-state index >= 15 is 0 Å². The lowest BCUT2D eigenvalue weighted by molar-refractivity contribution is 0.506. The zero-order valence-corrected chi connectivity index (χ0v) is 9.86. The second-order valence-electron chi connectivity index (χ2n) is 4.21. The molecule has 0 unspecified atom stereocenters. The highest BCUT2D eigenvalue weighted by Gasteiger charge is 2.18. The van der Waals surface area contributed by atoms with E-state index in [1.54, 1.807) is 0 Å². The van der Waals surface area contributed by atoms with Crippen molar-refractivity contribution >= 4 is 17.7 Å². The van der Waals surface area contributed by atoms with Crippen LogP contribution in [0.4, 0.5) is 0 Å². The molecule has 0 saturated heterocycles. The van der Waals surface area contributed by atoms with Crippen molar-refractivity contribution in [3.63, 3.8) is 0 Å². The zero-order chi connectivity index (χ0) is 10.8. The fraction of sp³-hybridized carbons (Fsp3) is 0.385. The van der Waals surface area contributed by atoms with Gasteiger partial charge in [0.15, 0.2) is 0 Å². The Bertz CT molecular complexity index is 337. The van der Waals surface area contributed by atoms with Gasteiger partial charge in [-0.05, 0) is 35.1 Å². The van der Waals surface area contributed by atoms with E-state index in [9.17, 15) is 0 Å². The lowest BCUT2D eigenvalue weighted by Crippen LogP contribution is -2.15. The minimum Gasteiger partial charge on any atom is -0.0985 e. The summed E-state index contributed by atoms with van der Waals surface area (Å²) in [5, 5.41) is 0.791. The summed E-state index contributed by atoms with van der Waals surface area (Å²) in [6.07, 6.45) is 2.94. The predicted molar refractivity (Wildman–Crippen MR) is 64.9 cm³/mol. The van der Waals surface area contributed by atoms with Gasteiger partial charge in [-0.25, -0.2) is 0 Å². The molecule has 0 radical (unpaired) electrons. The maximum Gasteiger partial charge on any atom is 0.0414 e. The smallest absolute Gasteiger partial charge is 0.0414 e. The summed E-state index contributed by atoms with van der Waals surface area (Å²) in [6.45, 7) is 10.4. The molecule has 76 valence electrons. The Hall–Kier alpha value is -0.750. The average Bonchev–Trinajstić information content (AvgIpc) is 2.16. The van der Waals surface area contributed by atoms with Crippen LogP contribution in [0.5, 0.6) is 0 Å². The molecule has 0 aliphatic rings. The molecule has 0 N–H and O–H groups in total. The first-order chi connectivity index (χ1) is 6.49. The summed E-state index contributed by atoms with van der Waals surface area (Å²) in [7, 11) is 0. The molecule has 0 nitrogen and oxygen atoms in total. The van der Waals surface area contributed by atoms with E-state index in [0.717, 1.165) is 17.0 Å². The highest BCUT2D eigenvalue weighted by atomic mass is 35.5. The van der Waals surface area contributed by atoms with Crippen LogP contribution < -0.4 is 0 Å². The highest BCUT2D eigenvalue weighted by molar-refractivity contribution is 6.30. The Balaban J connectivity index is 3.21. The number of hydrogen-bond donors (Lipinski definition) is 0. The normalized spacial score (nSPS) is 11.4. The minimum absolute atomic E-state index is 0.183. The van der Waals surface area contributed by atoms with E-state index in [2.05, 4.69) is 33.4 Å². The molecule has 0 saturated carbocycles. The summed E-state index contributed by atoms with van der Waals surface area (Å²) < 4.78 is 0. The van der Waals surface area contributed by atoms with Crippen LogP contribution >= 0.6 is 11.6 Å². The molecule has 0 aromatic heterocycles. The molecule has 1 rings (SSSR count). The van der Waals surface area contributed by atoms with Gasteiger partial charge in [0.1, 0.15) is 0 Å². The molecule has 0 spiro atoms. The summed E-state index contributed by atoms with van der Waals surface area (Å²) >= 11 is 6.04. The van der Waals surface area contributed by atoms with Crippen molar-refractivity contribution in [2.75, 3.05) is 0 Å². The van der Waals surface area contributed by atoms with Crippen molar-refractivity contribution in [2.24, 2.45) is 0 Å². The van der Waals surface area contributed by atoms with E-state index in [0.29, 0.717) is 0 Å². The van der Waals surface area contributed by atoms with Crippen LogP contribution in [0.25, 0.3) is 6.08 Å². The fourth-order valence-corrected chi connectivity index (χ4v) is 1.57. The topological polar surface area (TPSA) is 0 Å². The molecule has 0 aliphatic carbocycles. The maximum atomic E-state index is 6.04. The Labute approximate surface area is 91.6 Å². The number of benzene rings is 1. The summed E-state index contributed by atoms with van der Waals surface area (Å²) in [4.78, 5) is 0. The van der Waals surface area contributed by atoms with Crippen molar-refractivity contribution in [1.82, 2.24) is 0 Å². The van der Waals surface area contributed by atoms with E-state index in [4.69, 9.17) is 11.6 Å². The van der Waals surface area contributed by atoms with Gasteiger partial charge in [-0.15, -0.1) is 0 Å². The van der Waals surface area contributed by atoms with Gasteiger partial charge in [-0.2, -0.15) is 0 Å². The lowest BCUT2D eigenvalue weighted by Gasteiger charge is -2.24. The van der Waals surface area contributed by atoms with E-state index < -0.39 is 0 Å². The summed E-state index contributed by atoms with van der Waals surface area (Å²) in [6, 6.07) is 6.13. The Morgan fingerprint density at radius 3 is 2.50 bits per heavy atom. The third-order valence-corrected chi connectivity index (χ3v) is 3.04. The molecule has 1 heteroatoms. The second kappa shape index (κ2) is 4.18. The van der Waals surface area contributed by atoms with Crippen LogP contribution in [-0.2, 0) is 5.41 Å². The predicted octanol–water partition coefficient (Wildman–Crippen LogP) is 4.67. The SMILES string of the molecule is C=Cc1cc(Cl)cc(C(C)(C)CC)c1. The first-order valence-corrected chi connectivity index (χ1v) is 5.31. The van der Waals surface area contributed by atoms with Crippen LogP contribution in [0.15, 0.2) is 24.8 Å². The van der Waals surface area contributed by atoms with Crippen molar-refractivity contribution in [3.05, 3.63) is 40.9 Å². The fourth-order valence-electron chi connectivity index (χ4n) is 1.33. The average molecular weight is 209 g/mol. The first-order valence-electron chi connectivity index (χ1n) is 4.93. The molecule has 1 aromatic rings. The lowest BCUT2D eigenvalue weighted by atomic mass is 9.82. The van der Waals surface area contributed by atoms with Gasteiger partial charge in [0.05, 0.1) is 0 Å². The van der Waals surface area contributed by atoms with Crippen molar-refractivity contribution in [2.45, 2.75) is 32.6 Å². The molecule has 0 fully saturated rings. The third kappa shape index (κ3) is 2.39. The molecular weight excluding hydrogens is 192 g/mol. The van der Waals surface area contributed by atoms with E-state index in [1.807, 2.05) is 18.2 Å². The molecule has 0 heterocycles. The maximum absolute atomic E-state index is 6.04. The molecule has 0 atom stereocenters.